The Labute approximate surface area is 104 Å². The fourth-order valence-electron chi connectivity index (χ4n) is 2.32. The molecule has 1 aromatic rings. The maximum absolute atomic E-state index is 4.27. The van der Waals surface area contributed by atoms with E-state index in [1.54, 1.807) is 0 Å². The number of nitrogens with one attached hydrogen (secondary N) is 1. The van der Waals surface area contributed by atoms with Gasteiger partial charge in [-0.3, -0.25) is 4.90 Å². The van der Waals surface area contributed by atoms with E-state index < -0.39 is 0 Å². The molecule has 0 spiro atoms. The quantitative estimate of drug-likeness (QED) is 0.827. The summed E-state index contributed by atoms with van der Waals surface area (Å²) in [6.45, 7) is 11.3. The zero-order valence-corrected chi connectivity index (χ0v) is 11.0. The zero-order valence-electron chi connectivity index (χ0n) is 11.0. The van der Waals surface area contributed by atoms with Crippen LogP contribution < -0.4 is 5.32 Å². The molecule has 1 fully saturated rings. The first kappa shape index (κ1) is 12.6. The second-order valence-corrected chi connectivity index (χ2v) is 5.27. The fraction of sp³-hybridized carbons (Fsp3) is 0.769. The predicted octanol–water partition coefficient (Wildman–Crippen LogP) is 0.987. The van der Waals surface area contributed by atoms with E-state index in [1.807, 2.05) is 12.5 Å². The van der Waals surface area contributed by atoms with E-state index in [-0.39, 0.29) is 0 Å². The summed E-state index contributed by atoms with van der Waals surface area (Å²) in [5, 5.41) is 3.38. The molecule has 0 atom stereocenters. The Hall–Kier alpha value is -0.870. The van der Waals surface area contributed by atoms with E-state index >= 15 is 0 Å². The first-order valence-corrected chi connectivity index (χ1v) is 6.68. The Balaban J connectivity index is 1.83. The fourth-order valence-corrected chi connectivity index (χ4v) is 2.32. The highest BCUT2D eigenvalue weighted by Crippen LogP contribution is 2.07. The summed E-state index contributed by atoms with van der Waals surface area (Å²) in [6.07, 6.45) is 5.11. The molecule has 0 unspecified atom stereocenters. The summed E-state index contributed by atoms with van der Waals surface area (Å²) in [4.78, 5) is 6.79. The van der Waals surface area contributed by atoms with Gasteiger partial charge in [-0.15, -0.1) is 0 Å². The molecule has 1 saturated heterocycles. The lowest BCUT2D eigenvalue weighted by Crippen LogP contribution is -2.44. The molecule has 0 bridgehead atoms. The molecule has 0 radical (unpaired) electrons. The van der Waals surface area contributed by atoms with Crippen molar-refractivity contribution in [2.24, 2.45) is 5.92 Å². The molecule has 0 amide bonds. The number of imidazole rings is 1. The van der Waals surface area contributed by atoms with Crippen LogP contribution in [-0.4, -0.2) is 47.2 Å². The van der Waals surface area contributed by atoms with Crippen LogP contribution in [0.3, 0.4) is 0 Å². The van der Waals surface area contributed by atoms with Crippen molar-refractivity contribution < 1.29 is 0 Å². The van der Waals surface area contributed by atoms with Crippen LogP contribution >= 0.6 is 0 Å². The highest BCUT2D eigenvalue weighted by molar-refractivity contribution is 4.99. The van der Waals surface area contributed by atoms with Crippen LogP contribution in [0, 0.1) is 5.92 Å². The topological polar surface area (TPSA) is 33.1 Å². The molecule has 2 rings (SSSR count). The minimum Gasteiger partial charge on any atom is -0.333 e. The van der Waals surface area contributed by atoms with Crippen LogP contribution in [0.1, 0.15) is 19.5 Å². The number of piperazine rings is 1. The Morgan fingerprint density at radius 3 is 2.76 bits per heavy atom. The minimum atomic E-state index is 0.699. The third-order valence-corrected chi connectivity index (χ3v) is 3.28. The largest absolute Gasteiger partial charge is 0.333 e. The Morgan fingerprint density at radius 1 is 1.29 bits per heavy atom. The molecule has 96 valence electrons. The first-order valence-electron chi connectivity index (χ1n) is 6.68. The van der Waals surface area contributed by atoms with Gasteiger partial charge in [0.1, 0.15) is 0 Å². The summed E-state index contributed by atoms with van der Waals surface area (Å²) in [6, 6.07) is 0. The Bertz CT molecular complexity index is 326. The van der Waals surface area contributed by atoms with E-state index in [0.29, 0.717) is 5.92 Å². The summed E-state index contributed by atoms with van der Waals surface area (Å²) in [7, 11) is 0. The lowest BCUT2D eigenvalue weighted by Gasteiger charge is -2.27. The molecule has 1 aliphatic rings. The van der Waals surface area contributed by atoms with E-state index in [1.165, 1.54) is 18.8 Å². The number of rotatable bonds is 5. The van der Waals surface area contributed by atoms with Crippen LogP contribution in [0.5, 0.6) is 0 Å². The van der Waals surface area contributed by atoms with Gasteiger partial charge in [0, 0.05) is 51.2 Å². The van der Waals surface area contributed by atoms with Crippen molar-refractivity contribution in [1.29, 1.82) is 0 Å². The molecule has 4 nitrogen and oxygen atoms in total. The van der Waals surface area contributed by atoms with Gasteiger partial charge in [0.15, 0.2) is 0 Å². The molecule has 17 heavy (non-hydrogen) atoms. The van der Waals surface area contributed by atoms with Crippen LogP contribution in [-0.2, 0) is 13.0 Å². The SMILES string of the molecule is CC(C)Cc1cncn1CCN1CCNCC1. The van der Waals surface area contributed by atoms with Gasteiger partial charge >= 0.3 is 0 Å². The number of hydrogen-bond donors (Lipinski definition) is 1. The van der Waals surface area contributed by atoms with Crippen LogP contribution in [0.4, 0.5) is 0 Å². The molecule has 4 heteroatoms. The zero-order chi connectivity index (χ0) is 12.1. The maximum atomic E-state index is 4.27. The number of aromatic nitrogens is 2. The van der Waals surface area contributed by atoms with Crippen LogP contribution in [0.25, 0.3) is 0 Å². The van der Waals surface area contributed by atoms with Gasteiger partial charge in [0.25, 0.3) is 0 Å². The average Bonchev–Trinajstić information content (AvgIpc) is 2.74. The lowest BCUT2D eigenvalue weighted by molar-refractivity contribution is 0.231. The van der Waals surface area contributed by atoms with Gasteiger partial charge in [0.2, 0.25) is 0 Å². The lowest BCUT2D eigenvalue weighted by atomic mass is 10.1. The van der Waals surface area contributed by atoms with Gasteiger partial charge in [0.05, 0.1) is 6.33 Å². The maximum Gasteiger partial charge on any atom is 0.0948 e. The predicted molar refractivity (Wildman–Crippen MR) is 70.1 cm³/mol. The average molecular weight is 236 g/mol. The summed E-state index contributed by atoms with van der Waals surface area (Å²) in [5.74, 6) is 0.699. The third kappa shape index (κ3) is 3.82. The molecule has 0 saturated carbocycles. The molecule has 1 aromatic heterocycles. The van der Waals surface area contributed by atoms with Crippen LogP contribution in [0.2, 0.25) is 0 Å². The van der Waals surface area contributed by atoms with E-state index in [2.05, 4.69) is 33.6 Å². The molecule has 0 aromatic carbocycles. The molecular weight excluding hydrogens is 212 g/mol. The van der Waals surface area contributed by atoms with Gasteiger partial charge in [-0.2, -0.15) is 0 Å². The number of nitrogens with zero attached hydrogens (tertiary/aromatic N) is 3. The molecule has 1 aliphatic heterocycles. The summed E-state index contributed by atoms with van der Waals surface area (Å²) >= 11 is 0. The van der Waals surface area contributed by atoms with Crippen molar-refractivity contribution in [3.63, 3.8) is 0 Å². The second-order valence-electron chi connectivity index (χ2n) is 5.27. The van der Waals surface area contributed by atoms with Gasteiger partial charge in [-0.25, -0.2) is 4.98 Å². The van der Waals surface area contributed by atoms with Gasteiger partial charge in [-0.1, -0.05) is 13.8 Å². The normalized spacial score (nSPS) is 17.8. The van der Waals surface area contributed by atoms with Gasteiger partial charge in [-0.05, 0) is 12.3 Å². The van der Waals surface area contributed by atoms with Crippen LogP contribution in [0.15, 0.2) is 12.5 Å². The number of hydrogen-bond acceptors (Lipinski definition) is 3. The van der Waals surface area contributed by atoms with E-state index in [4.69, 9.17) is 0 Å². The molecular formula is C13H24N4. The van der Waals surface area contributed by atoms with Crippen molar-refractivity contribution in [3.8, 4) is 0 Å². The van der Waals surface area contributed by atoms with Gasteiger partial charge < -0.3 is 9.88 Å². The van der Waals surface area contributed by atoms with E-state index in [9.17, 15) is 0 Å². The van der Waals surface area contributed by atoms with Crippen molar-refractivity contribution in [2.45, 2.75) is 26.8 Å². The van der Waals surface area contributed by atoms with Crippen molar-refractivity contribution in [2.75, 3.05) is 32.7 Å². The molecule has 0 aliphatic carbocycles. The smallest absolute Gasteiger partial charge is 0.0948 e. The summed E-state index contributed by atoms with van der Waals surface area (Å²) in [5.41, 5.74) is 1.37. The monoisotopic (exact) mass is 236 g/mol. The molecule has 2 heterocycles. The third-order valence-electron chi connectivity index (χ3n) is 3.28. The highest BCUT2D eigenvalue weighted by Gasteiger charge is 2.10. The Kier molecular flexibility index (Phi) is 4.57. The van der Waals surface area contributed by atoms with Crippen molar-refractivity contribution in [1.82, 2.24) is 19.8 Å². The minimum absolute atomic E-state index is 0.699. The van der Waals surface area contributed by atoms with Crippen molar-refractivity contribution in [3.05, 3.63) is 18.2 Å². The second kappa shape index (κ2) is 6.17. The highest BCUT2D eigenvalue weighted by atomic mass is 15.2. The molecule has 1 N–H and O–H groups in total. The Morgan fingerprint density at radius 2 is 2.06 bits per heavy atom. The standard InChI is InChI=1S/C13H24N4/c1-12(2)9-13-10-15-11-17(13)8-7-16-5-3-14-4-6-16/h10-12,14H,3-9H2,1-2H3. The summed E-state index contributed by atoms with van der Waals surface area (Å²) < 4.78 is 2.31. The first-order chi connectivity index (χ1) is 8.25. The van der Waals surface area contributed by atoms with E-state index in [0.717, 1.165) is 32.6 Å². The van der Waals surface area contributed by atoms with Crippen molar-refractivity contribution >= 4 is 0 Å².